The average molecular weight is 328 g/mol. The van der Waals surface area contributed by atoms with E-state index in [2.05, 4.69) is 26.2 Å². The summed E-state index contributed by atoms with van der Waals surface area (Å²) in [4.78, 5) is 18.4. The lowest BCUT2D eigenvalue weighted by Crippen LogP contribution is -2.54. The number of anilines is 1. The van der Waals surface area contributed by atoms with Crippen LogP contribution in [0.2, 0.25) is 0 Å². The molecule has 19 heavy (non-hydrogen) atoms. The molecule has 2 heterocycles. The van der Waals surface area contributed by atoms with Crippen molar-refractivity contribution in [3.8, 4) is 0 Å². The summed E-state index contributed by atoms with van der Waals surface area (Å²) in [5.41, 5.74) is 0.939. The van der Waals surface area contributed by atoms with Crippen LogP contribution in [0.25, 0.3) is 0 Å². The lowest BCUT2D eigenvalue weighted by Gasteiger charge is -2.36. The highest BCUT2D eigenvalue weighted by Crippen LogP contribution is 2.22. The van der Waals surface area contributed by atoms with E-state index in [-0.39, 0.29) is 11.9 Å². The highest BCUT2D eigenvalue weighted by atomic mass is 79.9. The summed E-state index contributed by atoms with van der Waals surface area (Å²) in [6, 6.07) is 1.69. The molecule has 0 aliphatic carbocycles. The molecule has 1 saturated heterocycles. The second-order valence-electron chi connectivity index (χ2n) is 4.44. The molecule has 1 atom stereocenters. The fourth-order valence-electron chi connectivity index (χ4n) is 2.05. The van der Waals surface area contributed by atoms with Crippen LogP contribution in [0.15, 0.2) is 22.9 Å². The van der Waals surface area contributed by atoms with Gasteiger partial charge in [-0.25, -0.2) is 0 Å². The Morgan fingerprint density at radius 2 is 2.47 bits per heavy atom. The number of hydrogen-bond donors (Lipinski definition) is 1. The quantitative estimate of drug-likeness (QED) is 0.912. The molecule has 0 bridgehead atoms. The van der Waals surface area contributed by atoms with Crippen LogP contribution in [0.1, 0.15) is 13.3 Å². The zero-order valence-electron chi connectivity index (χ0n) is 10.9. The van der Waals surface area contributed by atoms with E-state index in [0.717, 1.165) is 16.6 Å². The molecule has 1 aromatic rings. The largest absolute Gasteiger partial charge is 0.377 e. The minimum Gasteiger partial charge on any atom is -0.377 e. The number of halogens is 1. The third kappa shape index (κ3) is 3.67. The molecule has 1 unspecified atom stereocenters. The monoisotopic (exact) mass is 327 g/mol. The van der Waals surface area contributed by atoms with E-state index < -0.39 is 0 Å². The maximum Gasteiger partial charge on any atom is 0.245 e. The number of rotatable bonds is 4. The Balaban J connectivity index is 2.13. The summed E-state index contributed by atoms with van der Waals surface area (Å²) in [5, 5.41) is 2.92. The first-order chi connectivity index (χ1) is 9.22. The molecular weight excluding hydrogens is 310 g/mol. The number of morpholine rings is 1. The van der Waals surface area contributed by atoms with Crippen LogP contribution >= 0.6 is 15.9 Å². The van der Waals surface area contributed by atoms with Gasteiger partial charge in [-0.2, -0.15) is 0 Å². The third-order valence-corrected chi connectivity index (χ3v) is 3.44. The summed E-state index contributed by atoms with van der Waals surface area (Å²) in [7, 11) is 0. The molecule has 0 aromatic carbocycles. The van der Waals surface area contributed by atoms with Gasteiger partial charge in [0.1, 0.15) is 6.04 Å². The zero-order chi connectivity index (χ0) is 13.7. The third-order valence-electron chi connectivity index (χ3n) is 3.00. The minimum atomic E-state index is -0.281. The number of nitrogens with zero attached hydrogens (tertiary/aromatic N) is 2. The number of ether oxygens (including phenoxy) is 1. The fourth-order valence-corrected chi connectivity index (χ4v) is 2.41. The van der Waals surface area contributed by atoms with Gasteiger partial charge in [0.25, 0.3) is 0 Å². The highest BCUT2D eigenvalue weighted by molar-refractivity contribution is 9.10. The van der Waals surface area contributed by atoms with Crippen molar-refractivity contribution in [3.05, 3.63) is 22.9 Å². The maximum atomic E-state index is 12.2. The van der Waals surface area contributed by atoms with Crippen LogP contribution in [-0.2, 0) is 9.53 Å². The van der Waals surface area contributed by atoms with E-state index in [1.54, 1.807) is 12.4 Å². The number of pyridine rings is 1. The zero-order valence-corrected chi connectivity index (χ0v) is 12.5. The summed E-state index contributed by atoms with van der Waals surface area (Å²) >= 11 is 3.41. The summed E-state index contributed by atoms with van der Waals surface area (Å²) in [6.45, 7) is 4.47. The number of aromatic nitrogens is 1. The maximum absolute atomic E-state index is 12.2. The fraction of sp³-hybridized carbons (Fsp3) is 0.538. The van der Waals surface area contributed by atoms with Crippen LogP contribution in [0.4, 0.5) is 5.69 Å². The van der Waals surface area contributed by atoms with Crippen LogP contribution in [0.5, 0.6) is 0 Å². The number of nitrogens with one attached hydrogen (secondary N) is 1. The molecule has 0 spiro atoms. The molecule has 1 aromatic heterocycles. The van der Waals surface area contributed by atoms with E-state index >= 15 is 0 Å². The van der Waals surface area contributed by atoms with Gasteiger partial charge in [-0.3, -0.25) is 9.78 Å². The Morgan fingerprint density at radius 3 is 3.21 bits per heavy atom. The molecule has 1 aliphatic rings. The first kappa shape index (κ1) is 14.3. The van der Waals surface area contributed by atoms with Gasteiger partial charge >= 0.3 is 0 Å². The molecule has 1 N–H and O–H groups in total. The van der Waals surface area contributed by atoms with E-state index in [1.807, 2.05) is 17.9 Å². The Labute approximate surface area is 121 Å². The van der Waals surface area contributed by atoms with E-state index in [4.69, 9.17) is 4.74 Å². The lowest BCUT2D eigenvalue weighted by molar-refractivity contribution is -0.124. The first-order valence-corrected chi connectivity index (χ1v) is 7.24. The molecule has 1 fully saturated rings. The molecule has 6 heteroatoms. The number of carbonyl (C=O) groups excluding carboxylic acids is 1. The van der Waals surface area contributed by atoms with Crippen molar-refractivity contribution in [1.29, 1.82) is 0 Å². The van der Waals surface area contributed by atoms with Crippen molar-refractivity contribution >= 4 is 27.5 Å². The summed E-state index contributed by atoms with van der Waals surface area (Å²) in [6.07, 6.45) is 4.43. The van der Waals surface area contributed by atoms with E-state index in [9.17, 15) is 4.79 Å². The molecule has 0 radical (unpaired) electrons. The second kappa shape index (κ2) is 6.86. The molecular formula is C13H18BrN3O2. The van der Waals surface area contributed by atoms with Crippen LogP contribution in [0, 0.1) is 0 Å². The SMILES string of the molecule is CCCNC(=O)C1COCCN1c1cncc(Br)c1. The van der Waals surface area contributed by atoms with Gasteiger partial charge in [0, 0.05) is 23.8 Å². The first-order valence-electron chi connectivity index (χ1n) is 6.45. The standard InChI is InChI=1S/C13H18BrN3O2/c1-2-3-16-13(18)12-9-19-5-4-17(12)11-6-10(14)7-15-8-11/h6-8,12H,2-5,9H2,1H3,(H,16,18). The Kier molecular flexibility index (Phi) is 5.15. The van der Waals surface area contributed by atoms with Crippen molar-refractivity contribution in [3.63, 3.8) is 0 Å². The van der Waals surface area contributed by atoms with Gasteiger partial charge in [0.15, 0.2) is 0 Å². The minimum absolute atomic E-state index is 0.0153. The van der Waals surface area contributed by atoms with Gasteiger partial charge in [0.2, 0.25) is 5.91 Å². The van der Waals surface area contributed by atoms with Gasteiger partial charge in [-0.1, -0.05) is 6.92 Å². The summed E-state index contributed by atoms with van der Waals surface area (Å²) < 4.78 is 6.34. The van der Waals surface area contributed by atoms with Crippen molar-refractivity contribution in [2.45, 2.75) is 19.4 Å². The normalized spacial score (nSPS) is 19.3. The average Bonchev–Trinajstić information content (AvgIpc) is 2.45. The van der Waals surface area contributed by atoms with Crippen molar-refractivity contribution < 1.29 is 9.53 Å². The van der Waals surface area contributed by atoms with Crippen LogP contribution in [0.3, 0.4) is 0 Å². The highest BCUT2D eigenvalue weighted by Gasteiger charge is 2.29. The molecule has 2 rings (SSSR count). The number of hydrogen-bond acceptors (Lipinski definition) is 4. The van der Waals surface area contributed by atoms with E-state index in [0.29, 0.717) is 26.3 Å². The smallest absolute Gasteiger partial charge is 0.245 e. The van der Waals surface area contributed by atoms with Gasteiger partial charge in [-0.15, -0.1) is 0 Å². The second-order valence-corrected chi connectivity index (χ2v) is 5.35. The predicted octanol–water partition coefficient (Wildman–Crippen LogP) is 1.58. The van der Waals surface area contributed by atoms with Gasteiger partial charge in [-0.05, 0) is 28.4 Å². The molecule has 1 aliphatic heterocycles. The van der Waals surface area contributed by atoms with Gasteiger partial charge < -0.3 is 15.0 Å². The van der Waals surface area contributed by atoms with Crippen LogP contribution in [-0.4, -0.2) is 43.2 Å². The Morgan fingerprint density at radius 1 is 1.63 bits per heavy atom. The summed E-state index contributed by atoms with van der Waals surface area (Å²) in [5.74, 6) is 0.0153. The predicted molar refractivity (Wildman–Crippen MR) is 77.2 cm³/mol. The number of carbonyl (C=O) groups is 1. The Hall–Kier alpha value is -1.14. The molecule has 1 amide bonds. The Bertz CT molecular complexity index is 442. The van der Waals surface area contributed by atoms with Gasteiger partial charge in [0.05, 0.1) is 25.1 Å². The topological polar surface area (TPSA) is 54.5 Å². The van der Waals surface area contributed by atoms with Crippen molar-refractivity contribution in [1.82, 2.24) is 10.3 Å². The molecule has 5 nitrogen and oxygen atoms in total. The molecule has 0 saturated carbocycles. The van der Waals surface area contributed by atoms with E-state index in [1.165, 1.54) is 0 Å². The number of amides is 1. The lowest BCUT2D eigenvalue weighted by atomic mass is 10.2. The van der Waals surface area contributed by atoms with Crippen LogP contribution < -0.4 is 10.2 Å². The molecule has 104 valence electrons. The van der Waals surface area contributed by atoms with Crippen molar-refractivity contribution in [2.24, 2.45) is 0 Å². The van der Waals surface area contributed by atoms with Crippen molar-refractivity contribution in [2.75, 3.05) is 31.2 Å².